The van der Waals surface area contributed by atoms with Gasteiger partial charge in [-0.05, 0) is 83.8 Å². The van der Waals surface area contributed by atoms with Gasteiger partial charge in [0.25, 0.3) is 0 Å². The summed E-state index contributed by atoms with van der Waals surface area (Å²) in [4.78, 5) is 2.25. The van der Waals surface area contributed by atoms with Crippen LogP contribution in [-0.2, 0) is 6.42 Å². The molecule has 3 heteroatoms. The predicted octanol–water partition coefficient (Wildman–Crippen LogP) is 11.7. The Hall–Kier alpha value is -6.06. The largest absolute Gasteiger partial charge is 0.454 e. The van der Waals surface area contributed by atoms with Crippen molar-refractivity contribution < 1.29 is 4.42 Å². The SMILES string of the molecule is C=C1/C=C\C=C/Cc2cc(-c3cc4c5ccccc5n(-c5ccccc5)c4c4oc5ccccc5c34)ccc2N1c1ccccc1. The minimum Gasteiger partial charge on any atom is -0.454 e. The Bertz CT molecular complexity index is 2510. The number of hydrogen-bond acceptors (Lipinski definition) is 2. The number of furan rings is 1. The molecule has 1 aliphatic rings. The maximum absolute atomic E-state index is 6.81. The fourth-order valence-electron chi connectivity index (χ4n) is 7.09. The molecule has 0 spiro atoms. The second kappa shape index (κ2) is 10.5. The summed E-state index contributed by atoms with van der Waals surface area (Å²) in [7, 11) is 0. The van der Waals surface area contributed by atoms with Crippen molar-refractivity contribution in [3.63, 3.8) is 0 Å². The van der Waals surface area contributed by atoms with E-state index in [1.807, 2.05) is 6.07 Å². The molecule has 8 aromatic rings. The highest BCUT2D eigenvalue weighted by Gasteiger charge is 2.23. The first-order valence-electron chi connectivity index (χ1n) is 15.7. The first-order chi connectivity index (χ1) is 22.8. The summed E-state index contributed by atoms with van der Waals surface area (Å²) in [6, 6.07) is 47.4. The van der Waals surface area contributed by atoms with Gasteiger partial charge in [0, 0.05) is 44.3 Å². The maximum atomic E-state index is 6.81. The minimum atomic E-state index is 0.801. The van der Waals surface area contributed by atoms with Crippen LogP contribution < -0.4 is 4.90 Å². The van der Waals surface area contributed by atoms with Crippen molar-refractivity contribution in [2.24, 2.45) is 0 Å². The quantitative estimate of drug-likeness (QED) is 0.204. The Kier molecular flexibility index (Phi) is 6.04. The number of nitrogens with zero attached hydrogens (tertiary/aromatic N) is 2. The number of fused-ring (bicyclic) bond motifs is 8. The zero-order chi connectivity index (χ0) is 30.6. The molecule has 3 nitrogen and oxygen atoms in total. The lowest BCUT2D eigenvalue weighted by Gasteiger charge is -2.28. The number of benzene rings is 6. The second-order valence-electron chi connectivity index (χ2n) is 11.8. The lowest BCUT2D eigenvalue weighted by Crippen LogP contribution is -2.15. The van der Waals surface area contributed by atoms with E-state index in [-0.39, 0.29) is 0 Å². The summed E-state index contributed by atoms with van der Waals surface area (Å²) in [5.74, 6) is 0. The average Bonchev–Trinajstić information content (AvgIpc) is 3.67. The molecule has 0 fully saturated rings. The Morgan fingerprint density at radius 1 is 0.630 bits per heavy atom. The fourth-order valence-corrected chi connectivity index (χ4v) is 7.09. The molecule has 0 saturated heterocycles. The molecule has 0 unspecified atom stereocenters. The van der Waals surface area contributed by atoms with Gasteiger partial charge in [-0.15, -0.1) is 0 Å². The van der Waals surface area contributed by atoms with E-state index in [4.69, 9.17) is 4.42 Å². The third-order valence-electron chi connectivity index (χ3n) is 9.10. The van der Waals surface area contributed by atoms with Gasteiger partial charge in [0.05, 0.1) is 11.0 Å². The van der Waals surface area contributed by atoms with Gasteiger partial charge < -0.3 is 13.9 Å². The molecule has 2 aromatic heterocycles. The lowest BCUT2D eigenvalue weighted by atomic mass is 9.94. The summed E-state index contributed by atoms with van der Waals surface area (Å²) in [5.41, 5.74) is 11.9. The van der Waals surface area contributed by atoms with Crippen LogP contribution in [0.1, 0.15) is 5.56 Å². The van der Waals surface area contributed by atoms with E-state index in [0.29, 0.717) is 0 Å². The van der Waals surface area contributed by atoms with Crippen molar-refractivity contribution >= 4 is 55.1 Å². The van der Waals surface area contributed by atoms with Gasteiger partial charge in [0.1, 0.15) is 5.58 Å². The molecule has 0 radical (unpaired) electrons. The minimum absolute atomic E-state index is 0.801. The van der Waals surface area contributed by atoms with E-state index in [2.05, 4.69) is 168 Å². The highest BCUT2D eigenvalue weighted by atomic mass is 16.3. The molecule has 1 aliphatic heterocycles. The number of aromatic nitrogens is 1. The average molecular weight is 591 g/mol. The van der Waals surface area contributed by atoms with E-state index in [1.165, 1.54) is 21.9 Å². The van der Waals surface area contributed by atoms with Crippen molar-refractivity contribution in [1.82, 2.24) is 4.57 Å². The van der Waals surface area contributed by atoms with E-state index in [9.17, 15) is 0 Å². The monoisotopic (exact) mass is 590 g/mol. The zero-order valence-electron chi connectivity index (χ0n) is 25.2. The summed E-state index contributed by atoms with van der Waals surface area (Å²) in [6.45, 7) is 4.44. The number of anilines is 2. The molecule has 3 heterocycles. The number of rotatable bonds is 3. The van der Waals surface area contributed by atoms with Gasteiger partial charge in [0.15, 0.2) is 5.58 Å². The molecular weight excluding hydrogens is 560 g/mol. The summed E-state index contributed by atoms with van der Waals surface area (Å²) < 4.78 is 9.17. The van der Waals surface area contributed by atoms with E-state index in [0.717, 1.165) is 67.7 Å². The Morgan fingerprint density at radius 2 is 1.35 bits per heavy atom. The maximum Gasteiger partial charge on any atom is 0.160 e. The summed E-state index contributed by atoms with van der Waals surface area (Å²) in [5, 5.41) is 4.63. The van der Waals surface area contributed by atoms with Crippen molar-refractivity contribution in [1.29, 1.82) is 0 Å². The molecule has 9 rings (SSSR count). The highest BCUT2D eigenvalue weighted by Crippen LogP contribution is 2.46. The highest BCUT2D eigenvalue weighted by molar-refractivity contribution is 6.26. The van der Waals surface area contributed by atoms with Crippen LogP contribution in [0.4, 0.5) is 11.4 Å². The first-order valence-corrected chi connectivity index (χ1v) is 15.7. The van der Waals surface area contributed by atoms with Crippen molar-refractivity contribution in [3.05, 3.63) is 176 Å². The van der Waals surface area contributed by atoms with Gasteiger partial charge in [-0.2, -0.15) is 0 Å². The molecule has 0 aliphatic carbocycles. The second-order valence-corrected chi connectivity index (χ2v) is 11.8. The van der Waals surface area contributed by atoms with Gasteiger partial charge in [0.2, 0.25) is 0 Å². The van der Waals surface area contributed by atoms with Gasteiger partial charge in [-0.25, -0.2) is 0 Å². The van der Waals surface area contributed by atoms with Crippen molar-refractivity contribution in [2.75, 3.05) is 4.90 Å². The number of para-hydroxylation sites is 4. The molecular formula is C43H30N2O. The van der Waals surface area contributed by atoms with Crippen LogP contribution in [0.25, 0.3) is 60.6 Å². The van der Waals surface area contributed by atoms with Crippen LogP contribution in [-0.4, -0.2) is 4.57 Å². The van der Waals surface area contributed by atoms with Crippen LogP contribution in [0, 0.1) is 0 Å². The molecule has 0 saturated carbocycles. The van der Waals surface area contributed by atoms with Crippen LogP contribution >= 0.6 is 0 Å². The van der Waals surface area contributed by atoms with Crippen LogP contribution in [0.2, 0.25) is 0 Å². The fraction of sp³-hybridized carbons (Fsp3) is 0.0233. The third-order valence-corrected chi connectivity index (χ3v) is 9.10. The summed E-state index contributed by atoms with van der Waals surface area (Å²) in [6.07, 6.45) is 9.28. The Balaban J connectivity index is 1.36. The standard InChI is InChI=1S/C43H30N2O/c1-29-15-5-2-6-16-31-27-30(25-26-38(31)44(29)32-17-7-3-8-18-32)36-28-37-34-21-11-13-23-39(34)45(33-19-9-4-10-20-33)42(37)43-41(36)35-22-12-14-24-40(35)46-43/h2-15,17-28H,1,16H2/b6-2-,15-5-. The van der Waals surface area contributed by atoms with E-state index >= 15 is 0 Å². The molecule has 0 N–H and O–H groups in total. The zero-order valence-corrected chi connectivity index (χ0v) is 25.2. The van der Waals surface area contributed by atoms with Gasteiger partial charge >= 0.3 is 0 Å². The van der Waals surface area contributed by atoms with Gasteiger partial charge in [-0.1, -0.05) is 104 Å². The Labute approximate surface area is 267 Å². The molecule has 6 aromatic carbocycles. The molecule has 46 heavy (non-hydrogen) atoms. The normalized spacial score (nSPS) is 14.8. The topological polar surface area (TPSA) is 21.3 Å². The lowest BCUT2D eigenvalue weighted by molar-refractivity contribution is 0.671. The summed E-state index contributed by atoms with van der Waals surface area (Å²) >= 11 is 0. The van der Waals surface area contributed by atoms with E-state index in [1.54, 1.807) is 0 Å². The molecule has 0 amide bonds. The molecule has 0 bridgehead atoms. The van der Waals surface area contributed by atoms with Crippen molar-refractivity contribution in [3.8, 4) is 16.8 Å². The molecule has 0 atom stereocenters. The van der Waals surface area contributed by atoms with Gasteiger partial charge in [-0.3, -0.25) is 0 Å². The number of allylic oxidation sites excluding steroid dienone is 4. The number of hydrogen-bond donors (Lipinski definition) is 0. The van der Waals surface area contributed by atoms with Crippen LogP contribution in [0.3, 0.4) is 0 Å². The van der Waals surface area contributed by atoms with Crippen LogP contribution in [0.15, 0.2) is 174 Å². The first kappa shape index (κ1) is 26.4. The Morgan fingerprint density at radius 3 is 2.17 bits per heavy atom. The van der Waals surface area contributed by atoms with Crippen LogP contribution in [0.5, 0.6) is 0 Å². The van der Waals surface area contributed by atoms with Crippen molar-refractivity contribution in [2.45, 2.75) is 6.42 Å². The smallest absolute Gasteiger partial charge is 0.160 e. The third kappa shape index (κ3) is 4.06. The predicted molar refractivity (Wildman–Crippen MR) is 193 cm³/mol. The molecule has 218 valence electrons. The van der Waals surface area contributed by atoms with E-state index < -0.39 is 0 Å².